The van der Waals surface area contributed by atoms with Gasteiger partial charge >= 0.3 is 0 Å². The zero-order valence-electron chi connectivity index (χ0n) is 12.2. The van der Waals surface area contributed by atoms with Gasteiger partial charge in [-0.15, -0.1) is 0 Å². The minimum atomic E-state index is 0.218. The molecule has 0 heterocycles. The van der Waals surface area contributed by atoms with Crippen LogP contribution in [0.25, 0.3) is 6.08 Å². The molecular weight excluding hydrogens is 234 g/mol. The maximum Gasteiger partial charge on any atom is 0.167 e. The first kappa shape index (κ1) is 14.0. The number of hydrogen-bond donors (Lipinski definition) is 1. The molecule has 1 aliphatic rings. The summed E-state index contributed by atoms with van der Waals surface area (Å²) in [5.41, 5.74) is 3.42. The molecule has 1 fully saturated rings. The molecule has 1 aromatic carbocycles. The third-order valence-corrected chi connectivity index (χ3v) is 3.76. The Morgan fingerprint density at radius 1 is 1.26 bits per heavy atom. The van der Waals surface area contributed by atoms with E-state index in [1.165, 1.54) is 10.5 Å². The largest absolute Gasteiger partial charge is 0.339 e. The van der Waals surface area contributed by atoms with Gasteiger partial charge < -0.3 is 4.90 Å². The third kappa shape index (κ3) is 3.77. The second kappa shape index (κ2) is 6.16. The summed E-state index contributed by atoms with van der Waals surface area (Å²) < 4.78 is 0. The van der Waals surface area contributed by atoms with Crippen molar-refractivity contribution in [1.29, 1.82) is 0 Å². The van der Waals surface area contributed by atoms with Crippen LogP contribution in [0, 0.1) is 12.8 Å². The maximum absolute atomic E-state index is 12.5. The van der Waals surface area contributed by atoms with Gasteiger partial charge in [-0.25, -0.2) is 0 Å². The Morgan fingerprint density at radius 2 is 1.95 bits per heavy atom. The van der Waals surface area contributed by atoms with Gasteiger partial charge in [-0.3, -0.25) is 4.79 Å². The molecule has 0 radical (unpaired) electrons. The highest BCUT2D eigenvalue weighted by molar-refractivity contribution is 6.01. The summed E-state index contributed by atoms with van der Waals surface area (Å²) in [5, 5.41) is 0. The van der Waals surface area contributed by atoms with Crippen LogP contribution in [0.1, 0.15) is 30.4 Å². The molecule has 1 N–H and O–H groups in total. The van der Waals surface area contributed by atoms with Crippen LogP contribution in [0.4, 0.5) is 0 Å². The Balaban J connectivity index is 2.14. The average Bonchev–Trinajstić information content (AvgIpc) is 2.36. The van der Waals surface area contributed by atoms with Crippen LogP contribution >= 0.6 is 0 Å². The normalized spacial score (nSPS) is 22.2. The molecule has 0 aromatic heterocycles. The van der Waals surface area contributed by atoms with Gasteiger partial charge in [0, 0.05) is 0 Å². The summed E-state index contributed by atoms with van der Waals surface area (Å²) in [6.07, 6.45) is 5.21. The lowest BCUT2D eigenvalue weighted by atomic mass is 9.83. The van der Waals surface area contributed by atoms with Crippen LogP contribution in [-0.2, 0) is 4.79 Å². The fourth-order valence-electron chi connectivity index (χ4n) is 2.75. The average molecular weight is 258 g/mol. The molecule has 0 spiro atoms. The van der Waals surface area contributed by atoms with Gasteiger partial charge in [-0.2, -0.15) is 0 Å². The minimum Gasteiger partial charge on any atom is -0.339 e. The summed E-state index contributed by atoms with van der Waals surface area (Å²) in [4.78, 5) is 13.8. The van der Waals surface area contributed by atoms with E-state index in [4.69, 9.17) is 0 Å². The molecule has 0 amide bonds. The number of Topliss-reactive ketones (excluding diaryl/α,β-unsaturated/α-hetero) is 1. The van der Waals surface area contributed by atoms with E-state index in [1.807, 2.05) is 0 Å². The number of carbonyl (C=O) groups excluding carboxylic acids is 1. The lowest BCUT2D eigenvalue weighted by molar-refractivity contribution is -0.860. The highest BCUT2D eigenvalue weighted by Crippen LogP contribution is 2.26. The Morgan fingerprint density at radius 3 is 2.58 bits per heavy atom. The number of allylic oxidation sites excluding steroid dienone is 1. The van der Waals surface area contributed by atoms with Gasteiger partial charge in [0.2, 0.25) is 0 Å². The molecule has 2 nitrogen and oxygen atoms in total. The van der Waals surface area contributed by atoms with Crippen LogP contribution in [0.5, 0.6) is 0 Å². The van der Waals surface area contributed by atoms with Crippen molar-refractivity contribution in [2.24, 2.45) is 5.92 Å². The highest BCUT2D eigenvalue weighted by Gasteiger charge is 2.28. The molecule has 1 saturated carbocycles. The van der Waals surface area contributed by atoms with Gasteiger partial charge in [0.1, 0.15) is 0 Å². The van der Waals surface area contributed by atoms with Crippen LogP contribution in [-0.4, -0.2) is 26.4 Å². The monoisotopic (exact) mass is 258 g/mol. The first-order valence-corrected chi connectivity index (χ1v) is 7.17. The minimum absolute atomic E-state index is 0.218. The van der Waals surface area contributed by atoms with Gasteiger partial charge in [0.15, 0.2) is 5.78 Å². The Labute approximate surface area is 116 Å². The predicted molar refractivity (Wildman–Crippen MR) is 79.2 cm³/mol. The number of rotatable bonds is 3. The molecule has 1 aromatic rings. The first-order chi connectivity index (χ1) is 9.06. The number of quaternary nitrogens is 1. The number of nitrogens with one attached hydrogen (secondary N) is 1. The molecule has 1 atom stereocenters. The van der Waals surface area contributed by atoms with E-state index in [-0.39, 0.29) is 5.92 Å². The van der Waals surface area contributed by atoms with Gasteiger partial charge in [0.05, 0.1) is 26.6 Å². The zero-order chi connectivity index (χ0) is 13.8. The van der Waals surface area contributed by atoms with Gasteiger partial charge in [-0.05, 0) is 43.4 Å². The molecule has 2 rings (SSSR count). The third-order valence-electron chi connectivity index (χ3n) is 3.76. The van der Waals surface area contributed by atoms with Crippen molar-refractivity contribution < 1.29 is 9.69 Å². The van der Waals surface area contributed by atoms with Crippen LogP contribution < -0.4 is 4.90 Å². The molecule has 0 unspecified atom stereocenters. The SMILES string of the molecule is Cc1ccc(/C=C2\CCC[C@@H](C[NH+](C)C)C2=O)cc1. The van der Waals surface area contributed by atoms with Crippen molar-refractivity contribution in [3.63, 3.8) is 0 Å². The zero-order valence-corrected chi connectivity index (χ0v) is 12.2. The topological polar surface area (TPSA) is 21.5 Å². The standard InChI is InChI=1S/C17H23NO/c1-13-7-9-14(10-8-13)11-15-5-4-6-16(17(15)19)12-18(2)3/h7-11,16H,4-6,12H2,1-3H3/p+1/b15-11+/t16-/m0/s1. The lowest BCUT2D eigenvalue weighted by Crippen LogP contribution is -3.06. The van der Waals surface area contributed by atoms with Crippen molar-refractivity contribution in [3.05, 3.63) is 41.0 Å². The van der Waals surface area contributed by atoms with Crippen LogP contribution in [0.3, 0.4) is 0 Å². The molecule has 0 saturated heterocycles. The van der Waals surface area contributed by atoms with Gasteiger partial charge in [-0.1, -0.05) is 29.8 Å². The van der Waals surface area contributed by atoms with Crippen molar-refractivity contribution in [2.75, 3.05) is 20.6 Å². The van der Waals surface area contributed by atoms with E-state index in [1.54, 1.807) is 0 Å². The predicted octanol–water partition coefficient (Wildman–Crippen LogP) is 1.89. The summed E-state index contributed by atoms with van der Waals surface area (Å²) in [7, 11) is 4.23. The van der Waals surface area contributed by atoms with E-state index in [0.29, 0.717) is 5.78 Å². The molecule has 1 aliphatic carbocycles. The van der Waals surface area contributed by atoms with E-state index in [9.17, 15) is 4.79 Å². The molecule has 102 valence electrons. The first-order valence-electron chi connectivity index (χ1n) is 7.17. The van der Waals surface area contributed by atoms with E-state index < -0.39 is 0 Å². The molecule has 0 aliphatic heterocycles. The van der Waals surface area contributed by atoms with Crippen LogP contribution in [0.15, 0.2) is 29.8 Å². The summed E-state index contributed by atoms with van der Waals surface area (Å²) >= 11 is 0. The molecule has 0 bridgehead atoms. The number of benzene rings is 1. The Bertz CT molecular complexity index is 471. The fraction of sp³-hybridized carbons (Fsp3) is 0.471. The van der Waals surface area contributed by atoms with Crippen molar-refractivity contribution >= 4 is 11.9 Å². The number of carbonyl (C=O) groups is 1. The van der Waals surface area contributed by atoms with Crippen LogP contribution in [0.2, 0.25) is 0 Å². The quantitative estimate of drug-likeness (QED) is 0.822. The van der Waals surface area contributed by atoms with E-state index in [2.05, 4.69) is 51.4 Å². The second-order valence-electron chi connectivity index (χ2n) is 5.94. The maximum atomic E-state index is 12.5. The summed E-state index contributed by atoms with van der Waals surface area (Å²) in [5.74, 6) is 0.587. The fourth-order valence-corrected chi connectivity index (χ4v) is 2.75. The Hall–Kier alpha value is -1.41. The smallest absolute Gasteiger partial charge is 0.167 e. The van der Waals surface area contributed by atoms with Crippen molar-refractivity contribution in [3.8, 4) is 0 Å². The number of ketones is 1. The molecule has 19 heavy (non-hydrogen) atoms. The number of aryl methyl sites for hydroxylation is 1. The second-order valence-corrected chi connectivity index (χ2v) is 5.94. The van der Waals surface area contributed by atoms with Crippen molar-refractivity contribution in [2.45, 2.75) is 26.2 Å². The molecular formula is C17H24NO+. The lowest BCUT2D eigenvalue weighted by Gasteiger charge is -2.23. The van der Waals surface area contributed by atoms with E-state index >= 15 is 0 Å². The van der Waals surface area contributed by atoms with Gasteiger partial charge in [0.25, 0.3) is 0 Å². The van der Waals surface area contributed by atoms with E-state index in [0.717, 1.165) is 36.9 Å². The highest BCUT2D eigenvalue weighted by atomic mass is 16.1. The number of hydrogen-bond acceptors (Lipinski definition) is 1. The Kier molecular flexibility index (Phi) is 4.54. The summed E-state index contributed by atoms with van der Waals surface area (Å²) in [6, 6.07) is 8.38. The van der Waals surface area contributed by atoms with Crippen molar-refractivity contribution in [1.82, 2.24) is 0 Å². The molecule has 2 heteroatoms. The summed E-state index contributed by atoms with van der Waals surface area (Å²) in [6.45, 7) is 3.03.